The van der Waals surface area contributed by atoms with Crippen LogP contribution in [0, 0.1) is 0 Å². The van der Waals surface area contributed by atoms with Gasteiger partial charge in [-0.05, 0) is 53.3 Å². The molecule has 732 valence electrons. The number of imidazole rings is 3. The number of hydrogen-bond donors (Lipinski definition) is 15. The van der Waals surface area contributed by atoms with Crippen molar-refractivity contribution in [1.29, 1.82) is 0 Å². The Labute approximate surface area is 781 Å². The fraction of sp³-hybridized carbons (Fsp3) is 0.508. The van der Waals surface area contributed by atoms with Crippen LogP contribution in [0.25, 0.3) is 66.9 Å². The van der Waals surface area contributed by atoms with Gasteiger partial charge in [0, 0.05) is 6.20 Å². The number of aromatic amines is 3. The Hall–Kier alpha value is -7.79. The molecule has 57 nitrogen and oxygen atoms in total. The molecule has 9 aliphatic heterocycles. The maximum absolute atomic E-state index is 16.0. The largest absolute Gasteiger partial charge is 0.472 e. The fourth-order valence-corrected chi connectivity index (χ4v) is 27.0. The van der Waals surface area contributed by atoms with E-state index in [-0.39, 0.29) is 96.8 Å². The molecule has 12 aromatic rings. The van der Waals surface area contributed by atoms with Gasteiger partial charge < -0.3 is 100 Å². The van der Waals surface area contributed by atoms with Crippen LogP contribution in [0.5, 0.6) is 0 Å². The van der Waals surface area contributed by atoms with E-state index in [1.54, 1.807) is 6.07 Å². The van der Waals surface area contributed by atoms with Gasteiger partial charge in [0.1, 0.15) is 108 Å². The van der Waals surface area contributed by atoms with Gasteiger partial charge in [-0.2, -0.15) is 33.1 Å². The van der Waals surface area contributed by atoms with E-state index in [0.717, 1.165) is 58.1 Å². The lowest BCUT2D eigenvalue weighted by molar-refractivity contribution is -0.141. The number of alkyl halides is 7. The summed E-state index contributed by atoms with van der Waals surface area (Å²) < 4.78 is 232. The van der Waals surface area contributed by atoms with Crippen molar-refractivity contribution in [3.63, 3.8) is 0 Å². The Kier molecular flexibility index (Phi) is 26.1. The number of rotatable bonds is 6. The minimum absolute atomic E-state index is 0.00844. The van der Waals surface area contributed by atoms with Crippen LogP contribution in [0.15, 0.2) is 64.6 Å². The molecule has 77 heteroatoms. The summed E-state index contributed by atoms with van der Waals surface area (Å²) in [6, 6.07) is 1.56. The monoisotopic (exact) mass is 2170 g/mol. The van der Waals surface area contributed by atoms with Gasteiger partial charge in [0.15, 0.2) is 111 Å². The number of nitrogens with zero attached hydrogens (tertiary/aromatic N) is 22. The van der Waals surface area contributed by atoms with Gasteiger partial charge in [-0.15, -0.1) is 33.7 Å². The van der Waals surface area contributed by atoms with E-state index in [0.29, 0.717) is 10.1 Å². The second-order valence-electron chi connectivity index (χ2n) is 30.2. The van der Waals surface area contributed by atoms with E-state index in [2.05, 4.69) is 108 Å². The molecule has 12 aromatic heterocycles. The van der Waals surface area contributed by atoms with Gasteiger partial charge >= 0.3 is 47.4 Å². The van der Waals surface area contributed by atoms with Crippen LogP contribution in [-0.4, -0.2) is 295 Å². The van der Waals surface area contributed by atoms with Crippen LogP contribution in [0.3, 0.4) is 0 Å². The fourth-order valence-electron chi connectivity index (χ4n) is 15.6. The maximum Gasteiger partial charge on any atom is 0.472 e. The lowest BCUT2D eigenvalue weighted by atomic mass is 10.1. The molecule has 20 N–H and O–H groups in total. The Morgan fingerprint density at radius 1 is 0.434 bits per heavy atom. The molecule has 9 fully saturated rings. The van der Waals surface area contributed by atoms with E-state index >= 15 is 30.7 Å². The number of thiol groups is 1. The number of phosphoric acid groups is 1. The third-order valence-corrected chi connectivity index (χ3v) is 33.5. The highest BCUT2D eigenvalue weighted by Crippen LogP contribution is 2.63. The molecule has 0 amide bonds. The summed E-state index contributed by atoms with van der Waals surface area (Å²) in [5.74, 6) is -4.92. The topological polar surface area (TPSA) is 773 Å². The van der Waals surface area contributed by atoms with Crippen molar-refractivity contribution in [3.05, 3.63) is 81.3 Å². The highest BCUT2D eigenvalue weighted by molar-refractivity contribution is 8.44. The first-order valence-corrected chi connectivity index (χ1v) is 55.0. The van der Waals surface area contributed by atoms with Crippen LogP contribution in [0.4, 0.5) is 66.0 Å². The summed E-state index contributed by atoms with van der Waals surface area (Å²) in [4.78, 5) is 146. The van der Waals surface area contributed by atoms with E-state index in [1.165, 1.54) is 32.6 Å². The molecule has 9 aliphatic rings. The number of halogens is 7. The van der Waals surface area contributed by atoms with Crippen molar-refractivity contribution in [3.8, 4) is 0 Å². The first kappa shape index (κ1) is 97.1. The van der Waals surface area contributed by atoms with Gasteiger partial charge in [-0.1, -0.05) is 22.7 Å². The predicted molar refractivity (Wildman–Crippen MR) is 468 cm³/mol. The molecule has 6 unspecified atom stereocenters. The van der Waals surface area contributed by atoms with E-state index in [9.17, 15) is 48.0 Å². The molecule has 0 aromatic carbocycles. The quantitative estimate of drug-likeness (QED) is 0.0635. The minimum atomic E-state index is -5.38. The number of fused-ring (bicyclic) bond motifs is 15. The summed E-state index contributed by atoms with van der Waals surface area (Å²) in [5.41, 5.74) is 31.9. The normalized spacial score (nSPS) is 37.3. The van der Waals surface area contributed by atoms with Crippen molar-refractivity contribution in [2.24, 2.45) is 0 Å². The molecule has 0 saturated carbocycles. The molecule has 136 heavy (non-hydrogen) atoms. The molecule has 0 spiro atoms. The highest BCUT2D eigenvalue weighted by atomic mass is 32.7. The SMILES string of the molecule is Nc1nc2c(ncn2[C@@H]2O[C@@H]3COP(O)(=S)O[C@H]4[C@H](F)[C@H](n5ccc6c(N)ncnc65)O[C@@H]4COP(=O)(S)O[C@@H]2[C@@H]3F)c(=O)[nH]1.Nc1nc2c(ncn2[C@@H]2S[C@@H]3COP(=O)(O)O[C@@H]4[C@@H](COP(O)(=S)O[C@@H]2[C@H]3F)O[C@@H](n2nnc3c(N)ncnc32)C4(F)F)c(=O)[nH]1.Nc1nc2c(ncn2[C@@H]2S[C@@H]3COP(O)(=S)O[C@H]4[C@H](F)[C@H](n5nnc6c(N)ncnc65)O[C@@H]4COP(O)(=S)O[C@@H]2[C@H]3F)c(=O)[nH]1. The van der Waals surface area contributed by atoms with Crippen molar-refractivity contribution in [1.82, 2.24) is 123 Å². The smallest absolute Gasteiger partial charge is 0.383 e. The maximum atomic E-state index is 16.0. The second-order valence-corrected chi connectivity index (χ2v) is 48.4. The van der Waals surface area contributed by atoms with Crippen LogP contribution < -0.4 is 51.1 Å². The van der Waals surface area contributed by atoms with E-state index in [1.807, 2.05) is 0 Å². The number of aromatic nitrogens is 25. The summed E-state index contributed by atoms with van der Waals surface area (Å²) in [7, 11) is -5.38. The van der Waals surface area contributed by atoms with Gasteiger partial charge in [-0.25, -0.2) is 75.9 Å². The zero-order chi connectivity index (χ0) is 96.4. The lowest BCUT2D eigenvalue weighted by Gasteiger charge is -2.27. The van der Waals surface area contributed by atoms with Gasteiger partial charge in [0.25, 0.3) is 16.7 Å². The van der Waals surface area contributed by atoms with E-state index < -0.39 is 242 Å². The third kappa shape index (κ3) is 18.6. The molecule has 21 rings (SSSR count). The summed E-state index contributed by atoms with van der Waals surface area (Å²) in [6.45, 7) is -26.3. The number of ether oxygens (including phenoxy) is 4. The third-order valence-electron chi connectivity index (χ3n) is 21.6. The number of anilines is 6. The van der Waals surface area contributed by atoms with Crippen LogP contribution in [-0.2, 0) is 130 Å². The number of nitrogens with one attached hydrogen (secondary N) is 3. The number of nitrogen functional groups attached to an aromatic ring is 6. The summed E-state index contributed by atoms with van der Waals surface area (Å²) in [5, 5.41) is 10.9. The summed E-state index contributed by atoms with van der Waals surface area (Å²) >= 11 is 26.3. The number of H-pyrrole nitrogens is 3. The Balaban J connectivity index is 0.000000131. The average Bonchev–Trinajstić information content (AvgIpc) is 1.60. The number of hydrogen-bond acceptors (Lipinski definition) is 49. The van der Waals surface area contributed by atoms with Crippen molar-refractivity contribution >= 4 is 227 Å². The Bertz CT molecular complexity index is 6950. The highest BCUT2D eigenvalue weighted by Gasteiger charge is 2.65. The van der Waals surface area contributed by atoms with E-state index in [4.69, 9.17) is 155 Å². The number of nitrogens with two attached hydrogens (primary N) is 6. The zero-order valence-electron chi connectivity index (χ0n) is 67.0. The molecule has 0 radical (unpaired) electrons. The van der Waals surface area contributed by atoms with Crippen molar-refractivity contribution in [2.45, 2.75) is 144 Å². The van der Waals surface area contributed by atoms with Crippen molar-refractivity contribution in [2.75, 3.05) is 74.0 Å². The van der Waals surface area contributed by atoms with Crippen LogP contribution >= 0.6 is 77.3 Å². The van der Waals surface area contributed by atoms with Gasteiger partial charge in [0.05, 0.1) is 74.5 Å². The van der Waals surface area contributed by atoms with Crippen molar-refractivity contribution < 1.29 is 138 Å². The predicted octanol–water partition coefficient (Wildman–Crippen LogP) is 1.37. The second kappa shape index (κ2) is 36.6. The molecular weight excluding hydrogens is 2100 g/mol. The first-order chi connectivity index (χ1) is 64.3. The Morgan fingerprint density at radius 2 is 0.853 bits per heavy atom. The first-order valence-electron chi connectivity index (χ1n) is 38.6. The molecular formula is C59H64F7N31O26P6S7. The number of thioether (sulfide) groups is 2. The molecule has 29 atom stereocenters. The summed E-state index contributed by atoms with van der Waals surface area (Å²) in [6.07, 6.45) is -25.4. The Morgan fingerprint density at radius 3 is 1.38 bits per heavy atom. The molecule has 21 heterocycles. The number of phosphoric ester groups is 1. The van der Waals surface area contributed by atoms with Crippen LogP contribution in [0.2, 0.25) is 0 Å². The molecule has 6 bridgehead atoms. The zero-order valence-corrected chi connectivity index (χ0v) is 78.1. The lowest BCUT2D eigenvalue weighted by Crippen LogP contribution is -2.41. The molecule has 0 aliphatic carbocycles. The van der Waals surface area contributed by atoms with Crippen LogP contribution in [0.1, 0.15) is 35.7 Å². The standard InChI is InChI=1S/C21H23F2N9O9P2S2.C19H20F3N11O9P2S2.C19H21F2N11O8P2S3/c22-10-8-3-36-42(34,44)40-13-9(39-19(11(13)23)31-2-1-7-15(24)26-5-27-16(7)31)4-37-43(35,45)41-14(10)20(38-8)32-6-28-12-17(32)29-21(25)30-18(12)33;20-7-6-2-38-43(35,36)42-11-5(40-17(19(11,21)22)33-13-8(30-31-33)12(23)25-3-26-13)1-39-44(37,45)41-10(7)16(46-6)32-4-27-9-14(32)28-18(24)29-15(9)34;20-7-6-2-37-42(35,44)39-11-5(38-17(8(11)21)32-14-9(29-30-32)13(22)24-3-25-14)1-36-41(34,43)40-12(7)18(45-6)31-4-26-10-15(31)27-19(23)28-16(10)33/h1-2,5-6,8-11,13-14,19-20H,3-4H2,(H,34,44)(H,35,45)(H2,24,26,27)(H3,25,29,30,33);3-7,10-11,16-17H,1-2H2,(H,35,36)(H,37,45)(H2,23,25,26)(H3,24,28,29,34);3-8,11-12,17-18H,1-2H2,(H,34,43)(H,35,44)(H2,22,24,25)(H3,23,27,28,33)/t8-,9-,10-,11+,13-,14-,19-,20-,42?,43?;5-,6-,7+,10-,11-,16-,17-,44?;5-,6-,7+,8+,11-,12-,17-,18-,41?,42?/m111/s1. The van der Waals surface area contributed by atoms with Gasteiger partial charge in [-0.3, -0.25) is 79.2 Å². The van der Waals surface area contributed by atoms with Gasteiger partial charge in [0.2, 0.25) is 24.1 Å². The molecule has 9 saturated heterocycles. The minimum Gasteiger partial charge on any atom is -0.383 e. The average molecular weight is 2170 g/mol.